The Morgan fingerprint density at radius 3 is 2.85 bits per heavy atom. The van der Waals surface area contributed by atoms with Crippen molar-refractivity contribution in [1.82, 2.24) is 19.8 Å². The molecule has 0 atom stereocenters. The topological polar surface area (TPSA) is 76.2 Å². The number of nitro benzene ring substituents is 1. The van der Waals surface area contributed by atoms with Crippen LogP contribution in [0.4, 0.5) is 5.69 Å². The van der Waals surface area contributed by atoms with E-state index in [1.807, 2.05) is 11.6 Å². The number of aromatic nitrogens is 2. The number of nitro groups is 1. The SMILES string of the molecule is Cn1c(CN2CCNCC2)nc2cc([N+](=O)[O-])ccc21. The predicted molar refractivity (Wildman–Crippen MR) is 75.5 cm³/mol. The van der Waals surface area contributed by atoms with Crippen molar-refractivity contribution in [1.29, 1.82) is 0 Å². The van der Waals surface area contributed by atoms with E-state index in [2.05, 4.69) is 15.2 Å². The molecule has 20 heavy (non-hydrogen) atoms. The van der Waals surface area contributed by atoms with Crippen LogP contribution in [0.2, 0.25) is 0 Å². The van der Waals surface area contributed by atoms with Crippen LogP contribution < -0.4 is 5.32 Å². The Kier molecular flexibility index (Phi) is 3.37. The summed E-state index contributed by atoms with van der Waals surface area (Å²) in [6.45, 7) is 4.78. The van der Waals surface area contributed by atoms with E-state index < -0.39 is 0 Å². The average Bonchev–Trinajstić information content (AvgIpc) is 2.76. The van der Waals surface area contributed by atoms with Crippen LogP contribution in [0.3, 0.4) is 0 Å². The summed E-state index contributed by atoms with van der Waals surface area (Å²) in [4.78, 5) is 17.3. The van der Waals surface area contributed by atoms with Crippen molar-refractivity contribution in [2.75, 3.05) is 26.2 Å². The maximum atomic E-state index is 10.8. The first-order valence-corrected chi connectivity index (χ1v) is 6.68. The van der Waals surface area contributed by atoms with Crippen molar-refractivity contribution in [3.8, 4) is 0 Å². The first-order chi connectivity index (χ1) is 9.65. The molecule has 0 bridgehead atoms. The summed E-state index contributed by atoms with van der Waals surface area (Å²) in [6.07, 6.45) is 0. The van der Waals surface area contributed by atoms with Gasteiger partial charge in [0.25, 0.3) is 5.69 Å². The van der Waals surface area contributed by atoms with Crippen LogP contribution in [0.15, 0.2) is 18.2 Å². The predicted octanol–water partition coefficient (Wildman–Crippen LogP) is 0.887. The second-order valence-corrected chi connectivity index (χ2v) is 5.04. The summed E-state index contributed by atoms with van der Waals surface area (Å²) < 4.78 is 2.01. The van der Waals surface area contributed by atoms with Crippen LogP contribution in [-0.4, -0.2) is 45.6 Å². The number of rotatable bonds is 3. The van der Waals surface area contributed by atoms with Gasteiger partial charge in [0.2, 0.25) is 0 Å². The Hall–Kier alpha value is -1.99. The largest absolute Gasteiger partial charge is 0.330 e. The molecule has 7 nitrogen and oxygen atoms in total. The summed E-state index contributed by atoms with van der Waals surface area (Å²) in [5, 5.41) is 14.1. The highest BCUT2D eigenvalue weighted by molar-refractivity contribution is 5.78. The van der Waals surface area contributed by atoms with Crippen molar-refractivity contribution in [3.05, 3.63) is 34.1 Å². The third kappa shape index (κ3) is 2.37. The zero-order valence-corrected chi connectivity index (χ0v) is 11.4. The lowest BCUT2D eigenvalue weighted by molar-refractivity contribution is -0.384. The molecule has 0 spiro atoms. The number of benzene rings is 1. The second-order valence-electron chi connectivity index (χ2n) is 5.04. The number of non-ortho nitro benzene ring substituents is 1. The Labute approximate surface area is 116 Å². The van der Waals surface area contributed by atoms with Crippen LogP contribution >= 0.6 is 0 Å². The summed E-state index contributed by atoms with van der Waals surface area (Å²) >= 11 is 0. The molecule has 1 fully saturated rings. The minimum absolute atomic E-state index is 0.0873. The standard InChI is InChI=1S/C13H17N5O2/c1-16-12-3-2-10(18(19)20)8-11(12)15-13(16)9-17-6-4-14-5-7-17/h2-3,8,14H,4-7,9H2,1H3. The molecular formula is C13H17N5O2. The van der Waals surface area contributed by atoms with Crippen LogP contribution in [0.1, 0.15) is 5.82 Å². The third-order valence-corrected chi connectivity index (χ3v) is 3.74. The number of hydrogen-bond donors (Lipinski definition) is 1. The molecule has 0 saturated carbocycles. The molecule has 7 heteroatoms. The number of hydrogen-bond acceptors (Lipinski definition) is 5. The first kappa shape index (κ1) is 13.0. The third-order valence-electron chi connectivity index (χ3n) is 3.74. The molecule has 106 valence electrons. The molecule has 2 aromatic rings. The number of fused-ring (bicyclic) bond motifs is 1. The van der Waals surface area contributed by atoms with Gasteiger partial charge in [0, 0.05) is 45.4 Å². The Morgan fingerprint density at radius 1 is 1.40 bits per heavy atom. The van der Waals surface area contributed by atoms with E-state index in [9.17, 15) is 10.1 Å². The van der Waals surface area contributed by atoms with Gasteiger partial charge < -0.3 is 9.88 Å². The lowest BCUT2D eigenvalue weighted by Crippen LogP contribution is -2.43. The van der Waals surface area contributed by atoms with Gasteiger partial charge in [-0.25, -0.2) is 4.98 Å². The molecule has 1 aliphatic heterocycles. The van der Waals surface area contributed by atoms with Gasteiger partial charge in [-0.15, -0.1) is 0 Å². The highest BCUT2D eigenvalue weighted by Gasteiger charge is 2.16. The molecule has 1 aromatic heterocycles. The zero-order valence-electron chi connectivity index (χ0n) is 11.4. The smallest absolute Gasteiger partial charge is 0.271 e. The first-order valence-electron chi connectivity index (χ1n) is 6.68. The van der Waals surface area contributed by atoms with Gasteiger partial charge in [-0.05, 0) is 6.07 Å². The van der Waals surface area contributed by atoms with Crippen molar-refractivity contribution in [3.63, 3.8) is 0 Å². The van der Waals surface area contributed by atoms with E-state index in [1.165, 1.54) is 12.1 Å². The summed E-state index contributed by atoms with van der Waals surface area (Å²) in [7, 11) is 1.96. The molecule has 1 N–H and O–H groups in total. The summed E-state index contributed by atoms with van der Waals surface area (Å²) in [5.74, 6) is 0.947. The number of piperazine rings is 1. The molecule has 2 heterocycles. The van der Waals surface area contributed by atoms with Crippen LogP contribution in [-0.2, 0) is 13.6 Å². The quantitative estimate of drug-likeness (QED) is 0.665. The van der Waals surface area contributed by atoms with E-state index in [-0.39, 0.29) is 10.6 Å². The van der Waals surface area contributed by atoms with Crippen LogP contribution in [0, 0.1) is 10.1 Å². The van der Waals surface area contributed by atoms with Gasteiger partial charge in [0.1, 0.15) is 5.82 Å². The maximum Gasteiger partial charge on any atom is 0.271 e. The van der Waals surface area contributed by atoms with E-state index in [0.717, 1.165) is 44.1 Å². The normalized spacial score (nSPS) is 16.6. The van der Waals surface area contributed by atoms with Gasteiger partial charge in [-0.3, -0.25) is 15.0 Å². The van der Waals surface area contributed by atoms with Gasteiger partial charge >= 0.3 is 0 Å². The minimum Gasteiger partial charge on any atom is -0.330 e. The molecule has 1 saturated heterocycles. The highest BCUT2D eigenvalue weighted by Crippen LogP contribution is 2.21. The van der Waals surface area contributed by atoms with E-state index in [4.69, 9.17) is 0 Å². The summed E-state index contributed by atoms with van der Waals surface area (Å²) in [6, 6.07) is 4.83. The summed E-state index contributed by atoms with van der Waals surface area (Å²) in [5.41, 5.74) is 1.71. The van der Waals surface area contributed by atoms with Gasteiger partial charge in [0.15, 0.2) is 0 Å². The van der Waals surface area contributed by atoms with E-state index in [0.29, 0.717) is 5.52 Å². The molecule has 0 unspecified atom stereocenters. The fourth-order valence-corrected chi connectivity index (χ4v) is 2.56. The van der Waals surface area contributed by atoms with Crippen molar-refractivity contribution >= 4 is 16.7 Å². The fourth-order valence-electron chi connectivity index (χ4n) is 2.56. The maximum absolute atomic E-state index is 10.8. The lowest BCUT2D eigenvalue weighted by Gasteiger charge is -2.26. The van der Waals surface area contributed by atoms with Gasteiger partial charge in [0.05, 0.1) is 22.5 Å². The highest BCUT2D eigenvalue weighted by atomic mass is 16.6. The van der Waals surface area contributed by atoms with Crippen LogP contribution in [0.25, 0.3) is 11.0 Å². The second kappa shape index (κ2) is 5.18. The molecule has 0 aliphatic carbocycles. The molecule has 3 rings (SSSR count). The average molecular weight is 275 g/mol. The Balaban J connectivity index is 1.91. The molecule has 1 aliphatic rings. The molecule has 1 aromatic carbocycles. The number of nitrogens with one attached hydrogen (secondary N) is 1. The lowest BCUT2D eigenvalue weighted by atomic mass is 10.3. The van der Waals surface area contributed by atoms with E-state index in [1.54, 1.807) is 6.07 Å². The van der Waals surface area contributed by atoms with Crippen LogP contribution in [0.5, 0.6) is 0 Å². The van der Waals surface area contributed by atoms with Gasteiger partial charge in [-0.1, -0.05) is 0 Å². The molecule has 0 amide bonds. The number of imidazole rings is 1. The minimum atomic E-state index is -0.385. The van der Waals surface area contributed by atoms with Gasteiger partial charge in [-0.2, -0.15) is 0 Å². The Morgan fingerprint density at radius 2 is 2.15 bits per heavy atom. The fraction of sp³-hybridized carbons (Fsp3) is 0.462. The van der Waals surface area contributed by atoms with Crippen molar-refractivity contribution < 1.29 is 4.92 Å². The number of nitrogens with zero attached hydrogens (tertiary/aromatic N) is 4. The molecular weight excluding hydrogens is 258 g/mol. The monoisotopic (exact) mass is 275 g/mol. The zero-order chi connectivity index (χ0) is 14.1. The Bertz CT molecular complexity index is 645. The van der Waals surface area contributed by atoms with E-state index >= 15 is 0 Å². The van der Waals surface area contributed by atoms with Crippen molar-refractivity contribution in [2.45, 2.75) is 6.54 Å². The molecule has 0 radical (unpaired) electrons. The van der Waals surface area contributed by atoms with Crippen molar-refractivity contribution in [2.24, 2.45) is 7.05 Å². The number of aryl methyl sites for hydroxylation is 1.